The largest absolute Gasteiger partial charge is 0.480 e. The van der Waals surface area contributed by atoms with Crippen molar-refractivity contribution in [3.8, 4) is 0 Å². The van der Waals surface area contributed by atoms with Crippen molar-refractivity contribution in [1.82, 2.24) is 16.0 Å². The second-order valence-corrected chi connectivity index (χ2v) is 6.55. The molecule has 0 rings (SSSR count). The van der Waals surface area contributed by atoms with E-state index in [1.54, 1.807) is 0 Å². The lowest BCUT2D eigenvalue weighted by molar-refractivity contribution is -0.141. The molecular weight excluding hydrogens is 414 g/mol. The van der Waals surface area contributed by atoms with E-state index in [2.05, 4.69) is 41.2 Å². The number of rotatable bonds is 12. The average molecular weight is 440 g/mol. The van der Waals surface area contributed by atoms with Gasteiger partial charge in [0.25, 0.3) is 0 Å². The molecule has 28 heavy (non-hydrogen) atoms. The lowest BCUT2D eigenvalue weighted by Gasteiger charge is -2.24. The Morgan fingerprint density at radius 2 is 1.32 bits per heavy atom. The van der Waals surface area contributed by atoms with Crippen molar-refractivity contribution >= 4 is 54.9 Å². The number of thiol groups is 2. The van der Waals surface area contributed by atoms with E-state index in [4.69, 9.17) is 16.6 Å². The zero-order valence-electron chi connectivity index (χ0n) is 15.0. The number of aliphatic hydroxyl groups is 1. The van der Waals surface area contributed by atoms with Crippen molar-refractivity contribution in [3.05, 3.63) is 0 Å². The molecule has 0 spiro atoms. The van der Waals surface area contributed by atoms with Gasteiger partial charge in [-0.05, 0) is 6.92 Å². The molecule has 9 N–H and O–H groups in total. The summed E-state index contributed by atoms with van der Waals surface area (Å²) in [6, 6.07) is -5.39. The normalized spacial score (nSPS) is 16.0. The van der Waals surface area contributed by atoms with Crippen molar-refractivity contribution in [2.75, 3.05) is 11.5 Å². The molecule has 0 heterocycles. The zero-order valence-corrected chi connectivity index (χ0v) is 16.8. The molecule has 0 aromatic carbocycles. The predicted molar refractivity (Wildman–Crippen MR) is 105 cm³/mol. The van der Waals surface area contributed by atoms with Gasteiger partial charge in [-0.25, -0.2) is 4.79 Å². The number of carbonyl (C=O) groups is 5. The number of carboxylic acids is 1. The van der Waals surface area contributed by atoms with Gasteiger partial charge in [0.05, 0.1) is 12.5 Å². The predicted octanol–water partition coefficient (Wildman–Crippen LogP) is -4.03. The van der Waals surface area contributed by atoms with Crippen LogP contribution in [0.1, 0.15) is 13.3 Å². The highest BCUT2D eigenvalue weighted by Gasteiger charge is 2.31. The molecule has 5 atom stereocenters. The molecule has 0 aliphatic rings. The van der Waals surface area contributed by atoms with Crippen molar-refractivity contribution in [2.45, 2.75) is 43.6 Å². The van der Waals surface area contributed by atoms with Crippen molar-refractivity contribution < 1.29 is 34.2 Å². The first-order valence-corrected chi connectivity index (χ1v) is 9.28. The van der Waals surface area contributed by atoms with Crippen LogP contribution in [-0.4, -0.2) is 81.6 Å². The van der Waals surface area contributed by atoms with E-state index in [9.17, 15) is 29.1 Å². The van der Waals surface area contributed by atoms with Crippen LogP contribution in [0.15, 0.2) is 0 Å². The lowest BCUT2D eigenvalue weighted by atomic mass is 10.1. The molecule has 0 aliphatic heterocycles. The van der Waals surface area contributed by atoms with Gasteiger partial charge in [0.1, 0.15) is 24.2 Å². The van der Waals surface area contributed by atoms with E-state index in [1.165, 1.54) is 6.92 Å². The minimum atomic E-state index is -1.49. The topological polar surface area (TPSA) is 214 Å². The Balaban J connectivity index is 5.21. The number of primary amides is 1. The molecule has 12 nitrogen and oxygen atoms in total. The number of aliphatic hydroxyl groups excluding tert-OH is 1. The van der Waals surface area contributed by atoms with Crippen molar-refractivity contribution in [2.24, 2.45) is 11.5 Å². The van der Waals surface area contributed by atoms with Gasteiger partial charge in [-0.3, -0.25) is 19.2 Å². The second kappa shape index (κ2) is 12.4. The molecular formula is C14H25N5O7S2. The number of nitrogens with one attached hydrogen (secondary N) is 3. The third kappa shape index (κ3) is 8.77. The monoisotopic (exact) mass is 439 g/mol. The lowest BCUT2D eigenvalue weighted by Crippen LogP contribution is -2.59. The Kier molecular flexibility index (Phi) is 11.5. The van der Waals surface area contributed by atoms with Crippen LogP contribution in [0.3, 0.4) is 0 Å². The van der Waals surface area contributed by atoms with Crippen LogP contribution in [0.4, 0.5) is 0 Å². The maximum absolute atomic E-state index is 12.3. The number of aliphatic carboxylic acids is 1. The first-order chi connectivity index (χ1) is 12.9. The minimum absolute atomic E-state index is 0.191. The fraction of sp³-hybridized carbons (Fsp3) is 0.643. The van der Waals surface area contributed by atoms with Crippen molar-refractivity contribution in [1.29, 1.82) is 0 Å². The molecule has 0 aliphatic carbocycles. The van der Waals surface area contributed by atoms with E-state index in [-0.39, 0.29) is 11.5 Å². The molecule has 0 aromatic heterocycles. The highest BCUT2D eigenvalue weighted by Crippen LogP contribution is 1.99. The first-order valence-electron chi connectivity index (χ1n) is 8.02. The van der Waals surface area contributed by atoms with Crippen LogP contribution in [0.2, 0.25) is 0 Å². The standard InChI is InChI=1S/C14H25N5O7S2/c1-5(20)10(16)13(24)18-7(3-27)12(23)17-6(2-9(15)21)11(22)19-8(4-28)14(25)26/h5-8,10,20,27-28H,2-4,16H2,1H3,(H2,15,21)(H,17,23)(H,18,24)(H,19,22)(H,25,26). The number of amides is 4. The molecule has 0 fully saturated rings. The second-order valence-electron chi connectivity index (χ2n) is 5.82. The highest BCUT2D eigenvalue weighted by atomic mass is 32.1. The summed E-state index contributed by atoms with van der Waals surface area (Å²) in [5.41, 5.74) is 10.5. The molecule has 5 unspecified atom stereocenters. The van der Waals surface area contributed by atoms with Crippen LogP contribution >= 0.6 is 25.3 Å². The van der Waals surface area contributed by atoms with E-state index in [1.807, 2.05) is 0 Å². The van der Waals surface area contributed by atoms with Gasteiger partial charge in [0.2, 0.25) is 23.6 Å². The molecule has 14 heteroatoms. The Bertz CT molecular complexity index is 605. The molecule has 0 radical (unpaired) electrons. The molecule has 4 amide bonds. The van der Waals surface area contributed by atoms with Crippen LogP contribution in [0, 0.1) is 0 Å². The van der Waals surface area contributed by atoms with E-state index in [0.29, 0.717) is 0 Å². The number of nitrogens with two attached hydrogens (primary N) is 2. The smallest absolute Gasteiger partial charge is 0.327 e. The zero-order chi connectivity index (χ0) is 22.0. The van der Waals surface area contributed by atoms with Gasteiger partial charge in [-0.15, -0.1) is 0 Å². The van der Waals surface area contributed by atoms with Crippen LogP contribution < -0.4 is 27.4 Å². The van der Waals surface area contributed by atoms with Crippen molar-refractivity contribution in [3.63, 3.8) is 0 Å². The summed E-state index contributed by atoms with van der Waals surface area (Å²) in [6.07, 6.45) is -1.79. The summed E-state index contributed by atoms with van der Waals surface area (Å²) in [7, 11) is 0. The molecule has 0 saturated carbocycles. The fourth-order valence-corrected chi connectivity index (χ4v) is 2.33. The van der Waals surface area contributed by atoms with Gasteiger partial charge in [0, 0.05) is 11.5 Å². The number of carbonyl (C=O) groups excluding carboxylic acids is 4. The first kappa shape index (κ1) is 26.0. The van der Waals surface area contributed by atoms with E-state index < -0.39 is 66.3 Å². The number of hydrogen-bond acceptors (Lipinski definition) is 9. The van der Waals surface area contributed by atoms with Gasteiger partial charge in [-0.2, -0.15) is 25.3 Å². The minimum Gasteiger partial charge on any atom is -0.480 e. The fourth-order valence-electron chi connectivity index (χ4n) is 1.82. The number of hydrogen-bond donors (Lipinski definition) is 9. The Morgan fingerprint density at radius 3 is 1.71 bits per heavy atom. The number of carboxylic acid groups (broad SMARTS) is 1. The summed E-state index contributed by atoms with van der Waals surface area (Å²) in [5.74, 6) is -5.41. The SMILES string of the molecule is CC(O)C(N)C(=O)NC(CS)C(=O)NC(CC(N)=O)C(=O)NC(CS)C(=O)O. The summed E-state index contributed by atoms with van der Waals surface area (Å²) < 4.78 is 0. The quantitative estimate of drug-likeness (QED) is 0.136. The maximum Gasteiger partial charge on any atom is 0.327 e. The van der Waals surface area contributed by atoms with Gasteiger partial charge >= 0.3 is 5.97 Å². The third-order valence-corrected chi connectivity index (χ3v) is 4.20. The third-order valence-electron chi connectivity index (χ3n) is 3.47. The van der Waals surface area contributed by atoms with E-state index >= 15 is 0 Å². The van der Waals surface area contributed by atoms with Crippen LogP contribution in [0.5, 0.6) is 0 Å². The van der Waals surface area contributed by atoms with Gasteiger partial charge < -0.3 is 37.6 Å². The Labute approximate surface area is 172 Å². The van der Waals surface area contributed by atoms with Gasteiger partial charge in [-0.1, -0.05) is 0 Å². The maximum atomic E-state index is 12.3. The van der Waals surface area contributed by atoms with Gasteiger partial charge in [0.15, 0.2) is 0 Å². The van der Waals surface area contributed by atoms with E-state index in [0.717, 1.165) is 0 Å². The summed E-state index contributed by atoms with van der Waals surface area (Å²) in [5, 5.41) is 24.8. The molecule has 0 bridgehead atoms. The molecule has 0 saturated heterocycles. The Morgan fingerprint density at radius 1 is 0.893 bits per heavy atom. The molecule has 160 valence electrons. The van der Waals surface area contributed by atoms with Crippen LogP contribution in [-0.2, 0) is 24.0 Å². The summed E-state index contributed by atoms with van der Waals surface area (Å²) in [4.78, 5) is 58.6. The highest BCUT2D eigenvalue weighted by molar-refractivity contribution is 7.80. The summed E-state index contributed by atoms with van der Waals surface area (Å²) in [6.45, 7) is 1.29. The Hall–Kier alpha value is -2.03. The van der Waals surface area contributed by atoms with Crippen LogP contribution in [0.25, 0.3) is 0 Å². The summed E-state index contributed by atoms with van der Waals surface area (Å²) >= 11 is 7.73. The molecule has 0 aromatic rings. The average Bonchev–Trinajstić information content (AvgIpc) is 2.61.